The third-order valence-electron chi connectivity index (χ3n) is 4.05. The highest BCUT2D eigenvalue weighted by Gasteiger charge is 2.19. The number of hydrogen-bond donors (Lipinski definition) is 2. The Morgan fingerprint density at radius 2 is 1.90 bits per heavy atom. The highest BCUT2D eigenvalue weighted by Crippen LogP contribution is 2.18. The van der Waals surface area contributed by atoms with Gasteiger partial charge in [-0.2, -0.15) is 0 Å². The van der Waals surface area contributed by atoms with Crippen LogP contribution in [0.25, 0.3) is 0 Å². The van der Waals surface area contributed by atoms with E-state index >= 15 is 0 Å². The summed E-state index contributed by atoms with van der Waals surface area (Å²) in [6.07, 6.45) is 2.05. The zero-order valence-electron chi connectivity index (χ0n) is 12.2. The molecule has 4 nitrogen and oxygen atoms in total. The summed E-state index contributed by atoms with van der Waals surface area (Å²) < 4.78 is 26.7. The first kappa shape index (κ1) is 15.7. The van der Waals surface area contributed by atoms with Gasteiger partial charge in [-0.15, -0.1) is 0 Å². The van der Waals surface area contributed by atoms with Crippen LogP contribution >= 0.6 is 0 Å². The molecule has 0 saturated carbocycles. The average molecular weight is 297 g/mol. The smallest absolute Gasteiger partial charge is 0.251 e. The Kier molecular flexibility index (Phi) is 5.12. The summed E-state index contributed by atoms with van der Waals surface area (Å²) >= 11 is 0. The second-order valence-electron chi connectivity index (χ2n) is 5.44. The van der Waals surface area contributed by atoms with E-state index in [0.29, 0.717) is 12.5 Å². The minimum Gasteiger partial charge on any atom is -0.394 e. The number of halogens is 2. The minimum absolute atomic E-state index is 0.0369. The SMILES string of the molecule is CCN1CCC(CNC(=O)c2cc(F)c(N)c(F)c2)CC1. The first-order valence-corrected chi connectivity index (χ1v) is 7.26. The van der Waals surface area contributed by atoms with Crippen molar-refractivity contribution in [1.82, 2.24) is 10.2 Å². The van der Waals surface area contributed by atoms with Crippen LogP contribution in [0.2, 0.25) is 0 Å². The summed E-state index contributed by atoms with van der Waals surface area (Å²) in [5, 5.41) is 2.74. The first-order valence-electron chi connectivity index (χ1n) is 7.26. The van der Waals surface area contributed by atoms with Gasteiger partial charge in [-0.1, -0.05) is 6.92 Å². The molecule has 0 bridgehead atoms. The van der Waals surface area contributed by atoms with Crippen LogP contribution in [0.1, 0.15) is 30.1 Å². The van der Waals surface area contributed by atoms with Gasteiger partial charge in [0.05, 0.1) is 0 Å². The van der Waals surface area contributed by atoms with Crippen LogP contribution in [0.4, 0.5) is 14.5 Å². The lowest BCUT2D eigenvalue weighted by atomic mass is 9.96. The van der Waals surface area contributed by atoms with E-state index in [-0.39, 0.29) is 5.56 Å². The monoisotopic (exact) mass is 297 g/mol. The fourth-order valence-corrected chi connectivity index (χ4v) is 2.56. The molecule has 1 heterocycles. The Balaban J connectivity index is 1.88. The number of piperidine rings is 1. The topological polar surface area (TPSA) is 58.4 Å². The molecule has 1 aliphatic heterocycles. The summed E-state index contributed by atoms with van der Waals surface area (Å²) in [5.74, 6) is -1.86. The largest absolute Gasteiger partial charge is 0.394 e. The van der Waals surface area contributed by atoms with Crippen LogP contribution in [-0.2, 0) is 0 Å². The average Bonchev–Trinajstić information content (AvgIpc) is 2.50. The molecule has 2 rings (SSSR count). The van der Waals surface area contributed by atoms with E-state index < -0.39 is 23.2 Å². The first-order chi connectivity index (χ1) is 10.0. The fraction of sp³-hybridized carbons (Fsp3) is 0.533. The number of nitrogens with zero attached hydrogens (tertiary/aromatic N) is 1. The molecule has 1 amide bonds. The molecule has 0 radical (unpaired) electrons. The molecule has 3 N–H and O–H groups in total. The molecule has 0 spiro atoms. The van der Waals surface area contributed by atoms with E-state index in [9.17, 15) is 13.6 Å². The summed E-state index contributed by atoms with van der Waals surface area (Å²) in [4.78, 5) is 14.3. The van der Waals surface area contributed by atoms with Crippen molar-refractivity contribution in [2.75, 3.05) is 31.9 Å². The van der Waals surface area contributed by atoms with E-state index in [0.717, 1.165) is 44.6 Å². The normalized spacial score (nSPS) is 16.9. The molecule has 0 unspecified atom stereocenters. The Bertz CT molecular complexity index is 491. The lowest BCUT2D eigenvalue weighted by Gasteiger charge is -2.31. The zero-order valence-corrected chi connectivity index (χ0v) is 12.2. The molecule has 0 atom stereocenters. The fourth-order valence-electron chi connectivity index (χ4n) is 2.56. The highest BCUT2D eigenvalue weighted by molar-refractivity contribution is 5.94. The molecule has 1 aromatic carbocycles. The Morgan fingerprint density at radius 3 is 2.43 bits per heavy atom. The molecule has 116 valence electrons. The number of anilines is 1. The van der Waals surface area contributed by atoms with Gasteiger partial charge < -0.3 is 16.0 Å². The molecular weight excluding hydrogens is 276 g/mol. The molecular formula is C15H21F2N3O. The Morgan fingerprint density at radius 1 is 1.33 bits per heavy atom. The number of nitrogens with two attached hydrogens (primary N) is 1. The molecule has 0 aromatic heterocycles. The maximum atomic E-state index is 13.3. The third kappa shape index (κ3) is 3.91. The van der Waals surface area contributed by atoms with E-state index in [2.05, 4.69) is 17.1 Å². The summed E-state index contributed by atoms with van der Waals surface area (Å²) in [6, 6.07) is 1.93. The number of benzene rings is 1. The van der Waals surface area contributed by atoms with Crippen LogP contribution in [0.15, 0.2) is 12.1 Å². The summed E-state index contributed by atoms with van der Waals surface area (Å²) in [5.41, 5.74) is 4.59. The molecule has 6 heteroatoms. The van der Waals surface area contributed by atoms with Crippen molar-refractivity contribution < 1.29 is 13.6 Å². The van der Waals surface area contributed by atoms with Gasteiger partial charge in [0.1, 0.15) is 17.3 Å². The van der Waals surface area contributed by atoms with Crippen molar-refractivity contribution in [1.29, 1.82) is 0 Å². The summed E-state index contributed by atoms with van der Waals surface area (Å²) in [6.45, 7) is 5.77. The maximum absolute atomic E-state index is 13.3. The molecule has 0 aliphatic carbocycles. The van der Waals surface area contributed by atoms with Gasteiger partial charge in [0.25, 0.3) is 5.91 Å². The quantitative estimate of drug-likeness (QED) is 0.836. The van der Waals surface area contributed by atoms with Gasteiger partial charge in [-0.25, -0.2) is 8.78 Å². The summed E-state index contributed by atoms with van der Waals surface area (Å²) in [7, 11) is 0. The number of carbonyl (C=O) groups excluding carboxylic acids is 1. The number of carbonyl (C=O) groups is 1. The van der Waals surface area contributed by atoms with Crippen molar-refractivity contribution >= 4 is 11.6 Å². The van der Waals surface area contributed by atoms with E-state index in [1.807, 2.05) is 0 Å². The molecule has 1 fully saturated rings. The predicted molar refractivity (Wildman–Crippen MR) is 77.9 cm³/mol. The van der Waals surface area contributed by atoms with E-state index in [4.69, 9.17) is 5.73 Å². The van der Waals surface area contributed by atoms with Gasteiger partial charge in [0, 0.05) is 12.1 Å². The van der Waals surface area contributed by atoms with Crippen molar-refractivity contribution in [3.05, 3.63) is 29.3 Å². The third-order valence-corrected chi connectivity index (χ3v) is 4.05. The van der Waals surface area contributed by atoms with Crippen LogP contribution in [-0.4, -0.2) is 37.0 Å². The molecule has 1 aliphatic rings. The number of nitrogens with one attached hydrogen (secondary N) is 1. The standard InChI is InChI=1S/C15H21F2N3O/c1-2-20-5-3-10(4-6-20)9-19-15(21)11-7-12(16)14(18)13(17)8-11/h7-8,10H,2-6,9,18H2,1H3,(H,19,21). The van der Waals surface area contributed by atoms with Crippen molar-refractivity contribution in [2.45, 2.75) is 19.8 Å². The number of likely N-dealkylation sites (tertiary alicyclic amines) is 1. The number of nitrogen functional groups attached to an aromatic ring is 1. The van der Waals surface area contributed by atoms with Gasteiger partial charge in [0.2, 0.25) is 0 Å². The zero-order chi connectivity index (χ0) is 15.4. The molecule has 1 saturated heterocycles. The van der Waals surface area contributed by atoms with Gasteiger partial charge in [-0.05, 0) is 50.5 Å². The van der Waals surface area contributed by atoms with Gasteiger partial charge in [-0.3, -0.25) is 4.79 Å². The second kappa shape index (κ2) is 6.85. The van der Waals surface area contributed by atoms with E-state index in [1.54, 1.807) is 0 Å². The molecule has 21 heavy (non-hydrogen) atoms. The van der Waals surface area contributed by atoms with Crippen LogP contribution < -0.4 is 11.1 Å². The minimum atomic E-state index is -0.906. The Labute approximate surface area is 123 Å². The lowest BCUT2D eigenvalue weighted by Crippen LogP contribution is -2.38. The van der Waals surface area contributed by atoms with Gasteiger partial charge >= 0.3 is 0 Å². The maximum Gasteiger partial charge on any atom is 0.251 e. The predicted octanol–water partition coefficient (Wildman–Crippen LogP) is 2.01. The van der Waals surface area contributed by atoms with Crippen molar-refractivity contribution in [2.24, 2.45) is 5.92 Å². The lowest BCUT2D eigenvalue weighted by molar-refractivity contribution is 0.0936. The van der Waals surface area contributed by atoms with Crippen molar-refractivity contribution in [3.63, 3.8) is 0 Å². The highest BCUT2D eigenvalue weighted by atomic mass is 19.1. The van der Waals surface area contributed by atoms with Gasteiger partial charge in [0.15, 0.2) is 0 Å². The van der Waals surface area contributed by atoms with Crippen molar-refractivity contribution in [3.8, 4) is 0 Å². The number of amides is 1. The van der Waals surface area contributed by atoms with Crippen LogP contribution in [0.3, 0.4) is 0 Å². The second-order valence-corrected chi connectivity index (χ2v) is 5.44. The van der Waals surface area contributed by atoms with Crippen LogP contribution in [0.5, 0.6) is 0 Å². The number of rotatable bonds is 4. The number of hydrogen-bond acceptors (Lipinski definition) is 3. The molecule has 1 aromatic rings. The Hall–Kier alpha value is -1.69. The van der Waals surface area contributed by atoms with Crippen LogP contribution in [0, 0.1) is 17.6 Å². The van der Waals surface area contributed by atoms with E-state index in [1.165, 1.54) is 0 Å².